The maximum absolute atomic E-state index is 11.8. The Morgan fingerprint density at radius 3 is 2.93 bits per heavy atom. The summed E-state index contributed by atoms with van der Waals surface area (Å²) in [5, 5.41) is 7.32. The summed E-state index contributed by atoms with van der Waals surface area (Å²) in [5.74, 6) is 0.745. The van der Waals surface area contributed by atoms with Crippen LogP contribution in [-0.2, 0) is 13.6 Å². The molecule has 0 aromatic carbocycles. The second kappa shape index (κ2) is 3.66. The molecule has 0 atom stereocenters. The third-order valence-electron chi connectivity index (χ3n) is 2.00. The van der Waals surface area contributed by atoms with Crippen molar-refractivity contribution in [2.45, 2.75) is 6.54 Å². The normalized spacial score (nSPS) is 10.5. The number of aryl methyl sites for hydroxylation is 1. The Hall–Kier alpha value is -1.95. The highest BCUT2D eigenvalue weighted by atomic mass is 16.3. The molecule has 0 aliphatic carbocycles. The van der Waals surface area contributed by atoms with Gasteiger partial charge in [0.2, 0.25) is 5.82 Å². The van der Waals surface area contributed by atoms with Gasteiger partial charge < -0.3 is 14.7 Å². The molecular weight excluding hydrogens is 196 g/mol. The number of carbonyl (C=O) groups excluding carboxylic acids is 1. The van der Waals surface area contributed by atoms with Gasteiger partial charge in [0.25, 0.3) is 5.78 Å². The van der Waals surface area contributed by atoms with Gasteiger partial charge in [-0.25, -0.2) is 0 Å². The van der Waals surface area contributed by atoms with Crippen molar-refractivity contribution in [1.29, 1.82) is 0 Å². The molecule has 15 heavy (non-hydrogen) atoms. The van der Waals surface area contributed by atoms with Gasteiger partial charge in [-0.2, -0.15) is 0 Å². The van der Waals surface area contributed by atoms with Gasteiger partial charge in [-0.05, 0) is 12.1 Å². The molecule has 6 heteroatoms. The van der Waals surface area contributed by atoms with Gasteiger partial charge in [-0.3, -0.25) is 4.79 Å². The van der Waals surface area contributed by atoms with Crippen LogP contribution >= 0.6 is 0 Å². The summed E-state index contributed by atoms with van der Waals surface area (Å²) in [6.45, 7) is 0.270. The Kier molecular flexibility index (Phi) is 2.34. The molecule has 2 N–H and O–H groups in total. The van der Waals surface area contributed by atoms with Gasteiger partial charge in [0.1, 0.15) is 12.1 Å². The van der Waals surface area contributed by atoms with E-state index in [4.69, 9.17) is 10.2 Å². The molecule has 2 rings (SSSR count). The molecule has 0 radical (unpaired) electrons. The summed E-state index contributed by atoms with van der Waals surface area (Å²) in [7, 11) is 1.69. The van der Waals surface area contributed by atoms with Crippen molar-refractivity contribution in [3.63, 3.8) is 0 Å². The SMILES string of the molecule is Cn1cnnc1C(=O)c1ccc(CN)o1. The molecule has 2 aromatic heterocycles. The molecule has 6 nitrogen and oxygen atoms in total. The number of hydrogen-bond acceptors (Lipinski definition) is 5. The zero-order valence-corrected chi connectivity index (χ0v) is 8.17. The number of nitrogens with zero attached hydrogens (tertiary/aromatic N) is 3. The lowest BCUT2D eigenvalue weighted by atomic mass is 10.3. The minimum atomic E-state index is -0.297. The van der Waals surface area contributed by atoms with Crippen LogP contribution in [0.2, 0.25) is 0 Å². The summed E-state index contributed by atoms with van der Waals surface area (Å²) >= 11 is 0. The Morgan fingerprint density at radius 2 is 2.40 bits per heavy atom. The van der Waals surface area contributed by atoms with Crippen LogP contribution in [0.1, 0.15) is 22.1 Å². The fourth-order valence-corrected chi connectivity index (χ4v) is 1.21. The average molecular weight is 206 g/mol. The molecule has 0 unspecified atom stereocenters. The van der Waals surface area contributed by atoms with Crippen molar-refractivity contribution in [1.82, 2.24) is 14.8 Å². The number of rotatable bonds is 3. The van der Waals surface area contributed by atoms with E-state index in [9.17, 15) is 4.79 Å². The van der Waals surface area contributed by atoms with Crippen molar-refractivity contribution in [2.24, 2.45) is 12.8 Å². The van der Waals surface area contributed by atoms with E-state index in [0.29, 0.717) is 5.76 Å². The van der Waals surface area contributed by atoms with Crippen molar-refractivity contribution in [2.75, 3.05) is 0 Å². The van der Waals surface area contributed by atoms with Crippen LogP contribution in [0.4, 0.5) is 0 Å². The molecule has 0 spiro atoms. The lowest BCUT2D eigenvalue weighted by Gasteiger charge is -1.95. The van der Waals surface area contributed by atoms with E-state index in [1.54, 1.807) is 19.2 Å². The molecule has 2 aromatic rings. The van der Waals surface area contributed by atoms with Crippen LogP contribution in [-0.4, -0.2) is 20.5 Å². The average Bonchev–Trinajstić information content (AvgIpc) is 2.84. The zero-order chi connectivity index (χ0) is 10.8. The number of hydrogen-bond donors (Lipinski definition) is 1. The van der Waals surface area contributed by atoms with Crippen molar-refractivity contribution >= 4 is 5.78 Å². The summed E-state index contributed by atoms with van der Waals surface area (Å²) in [6.07, 6.45) is 1.46. The summed E-state index contributed by atoms with van der Waals surface area (Å²) in [6, 6.07) is 3.25. The topological polar surface area (TPSA) is 86.9 Å². The van der Waals surface area contributed by atoms with Gasteiger partial charge >= 0.3 is 0 Å². The predicted octanol–water partition coefficient (Wildman–Crippen LogP) is 0.0978. The molecule has 0 amide bonds. The summed E-state index contributed by atoms with van der Waals surface area (Å²) < 4.78 is 6.75. The number of nitrogens with two attached hydrogens (primary N) is 1. The number of carbonyl (C=O) groups is 1. The summed E-state index contributed by atoms with van der Waals surface area (Å²) in [5.41, 5.74) is 5.37. The zero-order valence-electron chi connectivity index (χ0n) is 8.17. The highest BCUT2D eigenvalue weighted by Gasteiger charge is 2.18. The maximum atomic E-state index is 11.8. The molecule has 0 saturated carbocycles. The molecule has 0 aliphatic rings. The molecule has 0 fully saturated rings. The monoisotopic (exact) mass is 206 g/mol. The maximum Gasteiger partial charge on any atom is 0.265 e. The van der Waals surface area contributed by atoms with E-state index in [2.05, 4.69) is 10.2 Å². The van der Waals surface area contributed by atoms with E-state index in [0.717, 1.165) is 0 Å². The largest absolute Gasteiger partial charge is 0.456 e. The lowest BCUT2D eigenvalue weighted by molar-refractivity contribution is 0.0994. The van der Waals surface area contributed by atoms with Crippen LogP contribution in [0.5, 0.6) is 0 Å². The van der Waals surface area contributed by atoms with Gasteiger partial charge in [0.05, 0.1) is 6.54 Å². The van der Waals surface area contributed by atoms with E-state index in [1.165, 1.54) is 10.9 Å². The van der Waals surface area contributed by atoms with Crippen molar-refractivity contribution in [3.05, 3.63) is 35.8 Å². The molecule has 0 bridgehead atoms. The van der Waals surface area contributed by atoms with Gasteiger partial charge in [-0.15, -0.1) is 10.2 Å². The van der Waals surface area contributed by atoms with Crippen LogP contribution in [0, 0.1) is 0 Å². The third kappa shape index (κ3) is 1.66. The van der Waals surface area contributed by atoms with Gasteiger partial charge in [-0.1, -0.05) is 0 Å². The first-order valence-electron chi connectivity index (χ1n) is 4.40. The van der Waals surface area contributed by atoms with Crippen LogP contribution in [0.3, 0.4) is 0 Å². The standard InChI is InChI=1S/C9H10N4O2/c1-13-5-11-12-9(13)8(14)7-3-2-6(4-10)15-7/h2-3,5H,4,10H2,1H3. The van der Waals surface area contributed by atoms with Crippen molar-refractivity contribution < 1.29 is 9.21 Å². The quantitative estimate of drug-likeness (QED) is 0.719. The Bertz CT molecular complexity index is 486. The minimum absolute atomic E-state index is 0.228. The van der Waals surface area contributed by atoms with Crippen LogP contribution < -0.4 is 5.73 Å². The third-order valence-corrected chi connectivity index (χ3v) is 2.00. The van der Waals surface area contributed by atoms with Crippen molar-refractivity contribution in [3.8, 4) is 0 Å². The molecule has 2 heterocycles. The number of ketones is 1. The van der Waals surface area contributed by atoms with E-state index in [-0.39, 0.29) is 23.9 Å². The fraction of sp³-hybridized carbons (Fsp3) is 0.222. The highest BCUT2D eigenvalue weighted by molar-refractivity contribution is 6.04. The second-order valence-electron chi connectivity index (χ2n) is 3.06. The number of aromatic nitrogens is 3. The number of furan rings is 1. The highest BCUT2D eigenvalue weighted by Crippen LogP contribution is 2.11. The Labute approximate surface area is 85.7 Å². The molecule has 0 aliphatic heterocycles. The van der Waals surface area contributed by atoms with Crippen LogP contribution in [0.15, 0.2) is 22.9 Å². The van der Waals surface area contributed by atoms with Crippen LogP contribution in [0.25, 0.3) is 0 Å². The van der Waals surface area contributed by atoms with Gasteiger partial charge in [0, 0.05) is 7.05 Å². The van der Waals surface area contributed by atoms with Gasteiger partial charge in [0.15, 0.2) is 5.76 Å². The summed E-state index contributed by atoms with van der Waals surface area (Å²) in [4.78, 5) is 11.8. The predicted molar refractivity (Wildman–Crippen MR) is 51.0 cm³/mol. The lowest BCUT2D eigenvalue weighted by Crippen LogP contribution is -2.07. The fourth-order valence-electron chi connectivity index (χ4n) is 1.21. The smallest absolute Gasteiger partial charge is 0.265 e. The van der Waals surface area contributed by atoms with E-state index >= 15 is 0 Å². The molecule has 0 saturated heterocycles. The molecule has 78 valence electrons. The minimum Gasteiger partial charge on any atom is -0.456 e. The van der Waals surface area contributed by atoms with E-state index < -0.39 is 0 Å². The first-order chi connectivity index (χ1) is 7.22. The second-order valence-corrected chi connectivity index (χ2v) is 3.06. The first kappa shape index (κ1) is 9.60. The Balaban J connectivity index is 2.32. The Morgan fingerprint density at radius 1 is 1.60 bits per heavy atom. The first-order valence-corrected chi connectivity index (χ1v) is 4.40. The molecular formula is C9H10N4O2. The van der Waals surface area contributed by atoms with E-state index in [1.807, 2.05) is 0 Å².